The van der Waals surface area contributed by atoms with E-state index in [1.807, 2.05) is 0 Å². The van der Waals surface area contributed by atoms with Crippen LogP contribution in [0.5, 0.6) is 0 Å². The number of aliphatic hydroxyl groups is 1. The van der Waals surface area contributed by atoms with Crippen LogP contribution in [-0.2, 0) is 12.7 Å². The number of benzene rings is 2. The highest BCUT2D eigenvalue weighted by molar-refractivity contribution is 5.97. The fourth-order valence-corrected chi connectivity index (χ4v) is 3.90. The summed E-state index contributed by atoms with van der Waals surface area (Å²) in [5, 5.41) is 21.1. The van der Waals surface area contributed by atoms with Gasteiger partial charge in [-0.25, -0.2) is 9.07 Å². The molecule has 0 unspecified atom stereocenters. The normalized spacial score (nSPS) is 11.9. The van der Waals surface area contributed by atoms with Gasteiger partial charge in [0.2, 0.25) is 0 Å². The van der Waals surface area contributed by atoms with Gasteiger partial charge in [0.1, 0.15) is 5.82 Å². The molecule has 2 N–H and O–H groups in total. The van der Waals surface area contributed by atoms with E-state index in [4.69, 9.17) is 5.11 Å². The van der Waals surface area contributed by atoms with Gasteiger partial charge in [0.15, 0.2) is 0 Å². The lowest BCUT2D eigenvalue weighted by molar-refractivity contribution is -0.137. The minimum Gasteiger partial charge on any atom is -0.395 e. The van der Waals surface area contributed by atoms with Crippen molar-refractivity contribution in [3.05, 3.63) is 76.5 Å². The number of halogens is 4. The molecular formula is C23H21F4N5O2. The molecule has 0 radical (unpaired) electrons. The summed E-state index contributed by atoms with van der Waals surface area (Å²) in [6, 6.07) is 7.67. The number of carbonyl (C=O) groups is 1. The first-order valence-electron chi connectivity index (χ1n) is 10.4. The van der Waals surface area contributed by atoms with Crippen molar-refractivity contribution in [3.63, 3.8) is 0 Å². The second kappa shape index (κ2) is 8.90. The number of hydrogen-bond donors (Lipinski definition) is 2. The van der Waals surface area contributed by atoms with E-state index in [1.165, 1.54) is 4.68 Å². The number of carbonyl (C=O) groups excluding carboxylic acids is 1. The van der Waals surface area contributed by atoms with E-state index in [-0.39, 0.29) is 31.2 Å². The average molecular weight is 475 g/mol. The Morgan fingerprint density at radius 1 is 1.15 bits per heavy atom. The Kier molecular flexibility index (Phi) is 6.13. The molecule has 0 aliphatic heterocycles. The maximum absolute atomic E-state index is 13.8. The van der Waals surface area contributed by atoms with Crippen molar-refractivity contribution in [1.82, 2.24) is 24.9 Å². The molecule has 0 aliphatic carbocycles. The van der Waals surface area contributed by atoms with E-state index < -0.39 is 17.6 Å². The van der Waals surface area contributed by atoms with Crippen LogP contribution in [0.4, 0.5) is 17.6 Å². The number of nitrogens with zero attached hydrogens (tertiary/aromatic N) is 4. The van der Waals surface area contributed by atoms with E-state index in [2.05, 4.69) is 15.5 Å². The summed E-state index contributed by atoms with van der Waals surface area (Å²) in [6.45, 7) is 3.29. The zero-order valence-corrected chi connectivity index (χ0v) is 18.3. The molecule has 11 heteroatoms. The summed E-state index contributed by atoms with van der Waals surface area (Å²) in [5.74, 6) is -1.33. The van der Waals surface area contributed by atoms with Gasteiger partial charge in [-0.3, -0.25) is 9.48 Å². The number of alkyl halides is 3. The van der Waals surface area contributed by atoms with Crippen molar-refractivity contribution >= 4 is 16.8 Å². The third kappa shape index (κ3) is 4.51. The zero-order valence-electron chi connectivity index (χ0n) is 18.3. The summed E-state index contributed by atoms with van der Waals surface area (Å²) in [5.41, 5.74) is 1.71. The predicted molar refractivity (Wildman–Crippen MR) is 116 cm³/mol. The molecule has 1 amide bonds. The maximum atomic E-state index is 13.8. The predicted octanol–water partition coefficient (Wildman–Crippen LogP) is 3.77. The Bertz CT molecular complexity index is 1370. The molecule has 0 fully saturated rings. The lowest BCUT2D eigenvalue weighted by Gasteiger charge is -2.09. The van der Waals surface area contributed by atoms with Crippen molar-refractivity contribution in [2.75, 3.05) is 13.2 Å². The van der Waals surface area contributed by atoms with Gasteiger partial charge in [-0.1, -0.05) is 6.07 Å². The average Bonchev–Trinajstić information content (AvgIpc) is 3.30. The Labute approximate surface area is 191 Å². The standard InChI is InChI=1S/C23H21F4N5O2/c1-13-21(22(34)28-6-7-33)14(2)32(29-13)20-5-3-4-19-18(20)12-31(30-19)11-15-8-16(23(25,26)27)10-17(24)9-15/h3-5,8-10,12,33H,6-7,11H2,1-2H3,(H,28,34). The number of nitrogens with one attached hydrogen (secondary N) is 1. The lowest BCUT2D eigenvalue weighted by Crippen LogP contribution is -2.27. The molecule has 2 aromatic carbocycles. The molecule has 0 aliphatic rings. The van der Waals surface area contributed by atoms with Crippen molar-refractivity contribution in [2.24, 2.45) is 0 Å². The topological polar surface area (TPSA) is 85.0 Å². The highest BCUT2D eigenvalue weighted by Crippen LogP contribution is 2.31. The molecule has 0 spiro atoms. The van der Waals surface area contributed by atoms with Crippen LogP contribution in [0.1, 0.15) is 32.9 Å². The van der Waals surface area contributed by atoms with Crippen LogP contribution in [0.15, 0.2) is 42.6 Å². The van der Waals surface area contributed by atoms with Crippen LogP contribution in [0.2, 0.25) is 0 Å². The summed E-state index contributed by atoms with van der Waals surface area (Å²) < 4.78 is 56.0. The minimum absolute atomic E-state index is 0.0686. The molecule has 7 nitrogen and oxygen atoms in total. The number of aromatic nitrogens is 4. The third-order valence-corrected chi connectivity index (χ3v) is 5.35. The van der Waals surface area contributed by atoms with Gasteiger partial charge in [0.25, 0.3) is 5.91 Å². The minimum atomic E-state index is -4.66. The van der Waals surface area contributed by atoms with Gasteiger partial charge in [-0.15, -0.1) is 0 Å². The smallest absolute Gasteiger partial charge is 0.395 e. The molecule has 0 atom stereocenters. The van der Waals surface area contributed by atoms with E-state index in [0.29, 0.717) is 39.6 Å². The second-order valence-corrected chi connectivity index (χ2v) is 7.82. The van der Waals surface area contributed by atoms with Gasteiger partial charge in [-0.2, -0.15) is 23.4 Å². The Morgan fingerprint density at radius 2 is 1.91 bits per heavy atom. The van der Waals surface area contributed by atoms with Crippen LogP contribution in [-0.4, -0.2) is 43.7 Å². The molecule has 0 saturated carbocycles. The summed E-state index contributed by atoms with van der Waals surface area (Å²) in [4.78, 5) is 12.5. The van der Waals surface area contributed by atoms with Gasteiger partial charge in [0, 0.05) is 18.1 Å². The fraction of sp³-hybridized carbons (Fsp3) is 0.261. The SMILES string of the molecule is Cc1nn(-c2cccc3nn(Cc4cc(F)cc(C(F)(F)F)c4)cc23)c(C)c1C(=O)NCCO. The highest BCUT2D eigenvalue weighted by atomic mass is 19.4. The lowest BCUT2D eigenvalue weighted by atomic mass is 10.1. The highest BCUT2D eigenvalue weighted by Gasteiger charge is 2.31. The van der Waals surface area contributed by atoms with E-state index in [1.54, 1.807) is 42.9 Å². The van der Waals surface area contributed by atoms with Gasteiger partial charge in [-0.05, 0) is 49.7 Å². The fourth-order valence-electron chi connectivity index (χ4n) is 3.90. The Hall–Kier alpha value is -3.73. The second-order valence-electron chi connectivity index (χ2n) is 7.82. The van der Waals surface area contributed by atoms with Crippen LogP contribution >= 0.6 is 0 Å². The van der Waals surface area contributed by atoms with Crippen LogP contribution in [0.3, 0.4) is 0 Å². The molecule has 34 heavy (non-hydrogen) atoms. The molecule has 4 aromatic rings. The maximum Gasteiger partial charge on any atom is 0.416 e. The molecule has 0 bridgehead atoms. The van der Waals surface area contributed by atoms with E-state index in [9.17, 15) is 22.4 Å². The molecule has 0 saturated heterocycles. The summed E-state index contributed by atoms with van der Waals surface area (Å²) in [6.07, 6.45) is -3.01. The molecule has 178 valence electrons. The number of fused-ring (bicyclic) bond motifs is 1. The number of rotatable bonds is 6. The first-order chi connectivity index (χ1) is 16.1. The number of aryl methyl sites for hydroxylation is 1. The van der Waals surface area contributed by atoms with E-state index in [0.717, 1.165) is 12.1 Å². The zero-order chi connectivity index (χ0) is 24.6. The largest absolute Gasteiger partial charge is 0.416 e. The van der Waals surface area contributed by atoms with Gasteiger partial charge < -0.3 is 10.4 Å². The quantitative estimate of drug-likeness (QED) is 0.416. The van der Waals surface area contributed by atoms with Crippen LogP contribution in [0, 0.1) is 19.7 Å². The third-order valence-electron chi connectivity index (χ3n) is 5.35. The van der Waals surface area contributed by atoms with Crippen molar-refractivity contribution in [3.8, 4) is 5.69 Å². The molecule has 4 rings (SSSR count). The Balaban J connectivity index is 1.72. The molecular weight excluding hydrogens is 454 g/mol. The van der Waals surface area contributed by atoms with Crippen molar-refractivity contribution in [2.45, 2.75) is 26.6 Å². The van der Waals surface area contributed by atoms with E-state index >= 15 is 0 Å². The Morgan fingerprint density at radius 3 is 2.62 bits per heavy atom. The van der Waals surface area contributed by atoms with Crippen molar-refractivity contribution < 1.29 is 27.5 Å². The van der Waals surface area contributed by atoms with Crippen LogP contribution < -0.4 is 5.32 Å². The summed E-state index contributed by atoms with van der Waals surface area (Å²) in [7, 11) is 0. The summed E-state index contributed by atoms with van der Waals surface area (Å²) >= 11 is 0. The molecule has 2 heterocycles. The monoisotopic (exact) mass is 475 g/mol. The van der Waals surface area contributed by atoms with Crippen LogP contribution in [0.25, 0.3) is 16.6 Å². The van der Waals surface area contributed by atoms with Gasteiger partial charge >= 0.3 is 6.18 Å². The molecule has 2 aromatic heterocycles. The van der Waals surface area contributed by atoms with Crippen molar-refractivity contribution in [1.29, 1.82) is 0 Å². The number of aliphatic hydroxyl groups excluding tert-OH is 1. The van der Waals surface area contributed by atoms with Gasteiger partial charge in [0.05, 0.1) is 46.9 Å². The number of hydrogen-bond acceptors (Lipinski definition) is 4. The first kappa shape index (κ1) is 23.4. The first-order valence-corrected chi connectivity index (χ1v) is 10.4. The number of amides is 1.